The number of carbonyl (C=O) groups excluding carboxylic acids is 1. The molecule has 0 unspecified atom stereocenters. The third kappa shape index (κ3) is 5.41. The van der Waals surface area contributed by atoms with Gasteiger partial charge in [-0.2, -0.15) is 5.26 Å². The van der Waals surface area contributed by atoms with E-state index in [0.29, 0.717) is 5.69 Å². The van der Waals surface area contributed by atoms with Gasteiger partial charge in [0, 0.05) is 5.69 Å². The van der Waals surface area contributed by atoms with Gasteiger partial charge in [-0.15, -0.1) is 0 Å². The van der Waals surface area contributed by atoms with Crippen molar-refractivity contribution in [2.75, 3.05) is 5.32 Å². The highest BCUT2D eigenvalue weighted by Crippen LogP contribution is 2.15. The van der Waals surface area contributed by atoms with Crippen molar-refractivity contribution in [3.63, 3.8) is 0 Å². The molecule has 0 atom stereocenters. The summed E-state index contributed by atoms with van der Waals surface area (Å²) >= 11 is 0. The first-order valence-electron chi connectivity index (χ1n) is 7.59. The molecule has 2 aromatic carbocycles. The number of amides is 1. The fourth-order valence-corrected chi connectivity index (χ4v) is 2.67. The molecule has 0 saturated carbocycles. The van der Waals surface area contributed by atoms with Crippen molar-refractivity contribution < 1.29 is 13.2 Å². The first kappa shape index (κ1) is 19.1. The zero-order valence-electron chi connectivity index (χ0n) is 14.0. The van der Waals surface area contributed by atoms with Crippen LogP contribution in [-0.4, -0.2) is 14.3 Å². The van der Waals surface area contributed by atoms with E-state index in [0.717, 1.165) is 11.1 Å². The molecule has 0 spiro atoms. The molecular weight excluding hydrogens is 350 g/mol. The summed E-state index contributed by atoms with van der Waals surface area (Å²) < 4.78 is 22.4. The van der Waals surface area contributed by atoms with Gasteiger partial charge >= 0.3 is 0 Å². The SMILES string of the molecule is CC(=C\c1ccccc1)/C=C(\C#N)C(=O)Nc1ccc(S(N)(=O)=O)cc1. The molecule has 6 nitrogen and oxygen atoms in total. The third-order valence-corrected chi connectivity index (χ3v) is 4.30. The minimum Gasteiger partial charge on any atom is -0.321 e. The van der Waals surface area contributed by atoms with Crippen LogP contribution in [0.4, 0.5) is 5.69 Å². The van der Waals surface area contributed by atoms with E-state index in [1.165, 1.54) is 30.3 Å². The molecule has 0 aliphatic carbocycles. The number of allylic oxidation sites excluding steroid dienone is 2. The van der Waals surface area contributed by atoms with Crippen LogP contribution >= 0.6 is 0 Å². The first-order valence-corrected chi connectivity index (χ1v) is 9.13. The van der Waals surface area contributed by atoms with Crippen molar-refractivity contribution in [1.29, 1.82) is 5.26 Å². The van der Waals surface area contributed by atoms with Crippen LogP contribution in [0, 0.1) is 11.3 Å². The van der Waals surface area contributed by atoms with Crippen LogP contribution in [0.25, 0.3) is 6.08 Å². The molecule has 2 aromatic rings. The lowest BCUT2D eigenvalue weighted by Gasteiger charge is -2.05. The molecule has 0 aliphatic rings. The number of nitrogens with one attached hydrogen (secondary N) is 1. The smallest absolute Gasteiger partial charge is 0.266 e. The summed E-state index contributed by atoms with van der Waals surface area (Å²) in [4.78, 5) is 12.2. The molecule has 132 valence electrons. The summed E-state index contributed by atoms with van der Waals surface area (Å²) in [7, 11) is -3.80. The Balaban J connectivity index is 2.16. The first-order chi connectivity index (χ1) is 12.3. The normalized spacial score (nSPS) is 12.3. The fraction of sp³-hybridized carbons (Fsp3) is 0.0526. The molecule has 2 rings (SSSR count). The summed E-state index contributed by atoms with van der Waals surface area (Å²) in [6, 6.07) is 16.7. The van der Waals surface area contributed by atoms with E-state index in [4.69, 9.17) is 5.14 Å². The monoisotopic (exact) mass is 367 g/mol. The second-order valence-corrected chi connectivity index (χ2v) is 7.05. The zero-order chi connectivity index (χ0) is 19.2. The Bertz CT molecular complexity index is 1000. The van der Waals surface area contributed by atoms with Gasteiger partial charge in [0.2, 0.25) is 10.0 Å². The molecule has 0 bridgehead atoms. The molecular formula is C19H17N3O3S. The number of nitrogens with two attached hydrogens (primary N) is 1. The van der Waals surface area contributed by atoms with Gasteiger partial charge in [0.1, 0.15) is 11.6 Å². The summed E-state index contributed by atoms with van der Waals surface area (Å²) in [5, 5.41) is 16.8. The topological polar surface area (TPSA) is 113 Å². The minimum absolute atomic E-state index is 0.0619. The number of anilines is 1. The van der Waals surface area contributed by atoms with Crippen molar-refractivity contribution in [1.82, 2.24) is 0 Å². The van der Waals surface area contributed by atoms with E-state index < -0.39 is 15.9 Å². The minimum atomic E-state index is -3.80. The van der Waals surface area contributed by atoms with Crippen LogP contribution in [0.2, 0.25) is 0 Å². The van der Waals surface area contributed by atoms with Crippen LogP contribution in [0.5, 0.6) is 0 Å². The Labute approximate surface area is 152 Å². The highest BCUT2D eigenvalue weighted by Gasteiger charge is 2.11. The molecule has 0 heterocycles. The molecule has 1 amide bonds. The van der Waals surface area contributed by atoms with Gasteiger partial charge in [-0.25, -0.2) is 13.6 Å². The Kier molecular flexibility index (Phi) is 6.07. The number of rotatable bonds is 5. The Morgan fingerprint density at radius 2 is 1.73 bits per heavy atom. The number of sulfonamides is 1. The van der Waals surface area contributed by atoms with E-state index in [9.17, 15) is 18.5 Å². The van der Waals surface area contributed by atoms with E-state index in [-0.39, 0.29) is 10.5 Å². The Morgan fingerprint density at radius 3 is 2.27 bits per heavy atom. The van der Waals surface area contributed by atoms with Gasteiger partial charge in [-0.3, -0.25) is 4.79 Å². The molecule has 0 aromatic heterocycles. The quantitative estimate of drug-likeness (QED) is 0.480. The lowest BCUT2D eigenvalue weighted by molar-refractivity contribution is -0.112. The highest BCUT2D eigenvalue weighted by molar-refractivity contribution is 7.89. The predicted octanol–water partition coefficient (Wildman–Crippen LogP) is 2.83. The maximum absolute atomic E-state index is 12.2. The van der Waals surface area contributed by atoms with E-state index in [2.05, 4.69) is 5.32 Å². The third-order valence-electron chi connectivity index (χ3n) is 3.37. The van der Waals surface area contributed by atoms with Gasteiger partial charge < -0.3 is 5.32 Å². The predicted molar refractivity (Wildman–Crippen MR) is 100 cm³/mol. The van der Waals surface area contributed by atoms with E-state index in [1.54, 1.807) is 6.92 Å². The molecule has 0 aliphatic heterocycles. The van der Waals surface area contributed by atoms with Crippen LogP contribution in [-0.2, 0) is 14.8 Å². The second kappa shape index (κ2) is 8.25. The summed E-state index contributed by atoms with van der Waals surface area (Å²) in [6.45, 7) is 1.79. The van der Waals surface area contributed by atoms with Gasteiger partial charge in [-0.05, 0) is 48.4 Å². The number of primary sulfonamides is 1. The molecule has 3 N–H and O–H groups in total. The van der Waals surface area contributed by atoms with Gasteiger partial charge in [0.25, 0.3) is 5.91 Å². The van der Waals surface area contributed by atoms with Crippen molar-refractivity contribution in [2.24, 2.45) is 5.14 Å². The average molecular weight is 367 g/mol. The second-order valence-electron chi connectivity index (χ2n) is 5.49. The van der Waals surface area contributed by atoms with Crippen LogP contribution in [0.3, 0.4) is 0 Å². The number of hydrogen-bond acceptors (Lipinski definition) is 4. The van der Waals surface area contributed by atoms with Crippen molar-refractivity contribution in [3.8, 4) is 6.07 Å². The highest BCUT2D eigenvalue weighted by atomic mass is 32.2. The van der Waals surface area contributed by atoms with Gasteiger partial charge in [-0.1, -0.05) is 36.4 Å². The van der Waals surface area contributed by atoms with Gasteiger partial charge in [0.05, 0.1) is 4.90 Å². The van der Waals surface area contributed by atoms with Crippen LogP contribution < -0.4 is 10.5 Å². The number of nitrogens with zero attached hydrogens (tertiary/aromatic N) is 1. The maximum atomic E-state index is 12.2. The molecule has 0 fully saturated rings. The number of hydrogen-bond donors (Lipinski definition) is 2. The largest absolute Gasteiger partial charge is 0.321 e. The number of nitriles is 1. The van der Waals surface area contributed by atoms with Crippen LogP contribution in [0.1, 0.15) is 12.5 Å². The van der Waals surface area contributed by atoms with Crippen LogP contribution in [0.15, 0.2) is 76.7 Å². The average Bonchev–Trinajstić information content (AvgIpc) is 2.60. The standard InChI is InChI=1S/C19H17N3O3S/c1-14(11-15-5-3-2-4-6-15)12-16(13-20)19(23)22-17-7-9-18(10-8-17)26(21,24)25/h2-12H,1H3,(H,22,23)(H2,21,24,25)/b14-11+,16-12+. The number of benzene rings is 2. The van der Waals surface area contributed by atoms with Crippen molar-refractivity contribution >= 4 is 27.7 Å². The zero-order valence-corrected chi connectivity index (χ0v) is 14.8. The Morgan fingerprint density at radius 1 is 1.12 bits per heavy atom. The molecule has 7 heteroatoms. The van der Waals surface area contributed by atoms with Gasteiger partial charge in [0.15, 0.2) is 0 Å². The molecule has 0 saturated heterocycles. The van der Waals surface area contributed by atoms with E-state index >= 15 is 0 Å². The lowest BCUT2D eigenvalue weighted by atomic mass is 10.1. The summed E-state index contributed by atoms with van der Waals surface area (Å²) in [5.74, 6) is -0.586. The number of carbonyl (C=O) groups is 1. The molecule has 26 heavy (non-hydrogen) atoms. The van der Waals surface area contributed by atoms with E-state index in [1.807, 2.05) is 42.5 Å². The lowest BCUT2D eigenvalue weighted by Crippen LogP contribution is -2.15. The van der Waals surface area contributed by atoms with Crippen molar-refractivity contribution in [2.45, 2.75) is 11.8 Å². The summed E-state index contributed by atoms with van der Waals surface area (Å²) in [5.41, 5.74) is 1.99. The Hall–Kier alpha value is -3.21. The molecule has 0 radical (unpaired) electrons. The maximum Gasteiger partial charge on any atom is 0.266 e. The fourth-order valence-electron chi connectivity index (χ4n) is 2.16. The van der Waals surface area contributed by atoms with Crippen molar-refractivity contribution in [3.05, 3.63) is 77.4 Å². The summed E-state index contributed by atoms with van der Waals surface area (Å²) in [6.07, 6.45) is 3.34.